The van der Waals surface area contributed by atoms with E-state index in [2.05, 4.69) is 93.6 Å². The fraction of sp³-hybridized carbons (Fsp3) is 0.313. The highest BCUT2D eigenvalue weighted by molar-refractivity contribution is 6.08. The number of rotatable bonds is 19. The van der Waals surface area contributed by atoms with Crippen LogP contribution in [0.4, 0.5) is 47.7 Å². The first-order valence-corrected chi connectivity index (χ1v) is 36.9. The summed E-state index contributed by atoms with van der Waals surface area (Å²) in [6, 6.07) is 32.5. The summed E-state index contributed by atoms with van der Waals surface area (Å²) in [7, 11) is 14.0. The Hall–Kier alpha value is -11.5. The van der Waals surface area contributed by atoms with Crippen LogP contribution in [0.1, 0.15) is 145 Å². The number of pyridine rings is 6. The number of hydrogen-bond acceptors (Lipinski definition) is 18. The highest BCUT2D eigenvalue weighted by atomic mass is 19.1. The van der Waals surface area contributed by atoms with Gasteiger partial charge in [-0.3, -0.25) is 27.6 Å². The van der Waals surface area contributed by atoms with E-state index in [-0.39, 0.29) is 52.9 Å². The van der Waals surface area contributed by atoms with Gasteiger partial charge in [-0.05, 0) is 164 Å². The molecular formula is C83H85F3N18O6. The van der Waals surface area contributed by atoms with Crippen molar-refractivity contribution >= 4 is 69.2 Å². The predicted octanol–water partition coefficient (Wildman–Crippen LogP) is 13.5. The van der Waals surface area contributed by atoms with Crippen molar-refractivity contribution < 1.29 is 41.8 Å². The normalized spacial score (nSPS) is 17.2. The van der Waals surface area contributed by atoms with Gasteiger partial charge in [0.05, 0.1) is 105 Å². The molecule has 3 amide bonds. The van der Waals surface area contributed by atoms with E-state index in [0.29, 0.717) is 119 Å². The lowest BCUT2D eigenvalue weighted by atomic mass is 9.94. The van der Waals surface area contributed by atoms with Crippen molar-refractivity contribution in [2.45, 2.75) is 95.2 Å². The average molecular weight is 1490 g/mol. The number of nitrogens with one attached hydrogen (secondary N) is 6. The van der Waals surface area contributed by atoms with E-state index in [1.165, 1.54) is 47.5 Å². The molecule has 0 spiro atoms. The maximum atomic E-state index is 13.7. The Morgan fingerprint density at radius 3 is 1.23 bits per heavy atom. The summed E-state index contributed by atoms with van der Waals surface area (Å²) in [4.78, 5) is 73.1. The lowest BCUT2D eigenvalue weighted by Crippen LogP contribution is -2.21. The molecule has 0 unspecified atom stereocenters. The van der Waals surface area contributed by atoms with Crippen LogP contribution in [-0.2, 0) is 46.0 Å². The molecule has 564 valence electrons. The molecule has 110 heavy (non-hydrogen) atoms. The van der Waals surface area contributed by atoms with E-state index in [4.69, 9.17) is 29.2 Å². The van der Waals surface area contributed by atoms with Crippen LogP contribution < -0.4 is 31.9 Å². The number of halogens is 3. The van der Waals surface area contributed by atoms with E-state index in [1.54, 1.807) is 44.3 Å². The van der Waals surface area contributed by atoms with Gasteiger partial charge in [0.25, 0.3) is 17.7 Å². The van der Waals surface area contributed by atoms with Crippen molar-refractivity contribution in [2.24, 2.45) is 0 Å². The van der Waals surface area contributed by atoms with Gasteiger partial charge < -0.3 is 60.8 Å². The summed E-state index contributed by atoms with van der Waals surface area (Å²) < 4.78 is 63.6. The van der Waals surface area contributed by atoms with E-state index in [0.717, 1.165) is 112 Å². The van der Waals surface area contributed by atoms with Gasteiger partial charge in [-0.25, -0.2) is 43.1 Å². The van der Waals surface area contributed by atoms with Crippen molar-refractivity contribution in [1.82, 2.24) is 73.8 Å². The Bertz CT molecular complexity index is 5380. The first-order chi connectivity index (χ1) is 53.2. The monoisotopic (exact) mass is 1490 g/mol. The van der Waals surface area contributed by atoms with Gasteiger partial charge in [0.15, 0.2) is 0 Å². The van der Waals surface area contributed by atoms with Crippen LogP contribution in [-0.4, -0.2) is 151 Å². The fourth-order valence-corrected chi connectivity index (χ4v) is 15.6. The van der Waals surface area contributed by atoms with Crippen LogP contribution >= 0.6 is 0 Å². The van der Waals surface area contributed by atoms with Crippen molar-refractivity contribution in [1.29, 1.82) is 0 Å². The number of hydrogen-bond donors (Lipinski definition) is 6. The van der Waals surface area contributed by atoms with Crippen LogP contribution in [0.2, 0.25) is 0 Å². The molecule has 9 aromatic heterocycles. The van der Waals surface area contributed by atoms with Crippen molar-refractivity contribution in [3.8, 4) is 33.8 Å². The number of carbonyl (C=O) groups excluding carboxylic acids is 3. The Morgan fingerprint density at radius 2 is 0.891 bits per heavy atom. The molecule has 2 saturated heterocycles. The molecule has 24 nitrogen and oxygen atoms in total. The number of imidazole rings is 3. The van der Waals surface area contributed by atoms with Gasteiger partial charge in [0, 0.05) is 129 Å². The minimum Gasteiger partial charge on any atom is -0.381 e. The van der Waals surface area contributed by atoms with Crippen molar-refractivity contribution in [3.63, 3.8) is 0 Å². The third-order valence-corrected chi connectivity index (χ3v) is 22.0. The van der Waals surface area contributed by atoms with E-state index >= 15 is 0 Å². The summed E-state index contributed by atoms with van der Waals surface area (Å²) in [5.74, 6) is 1.28. The highest BCUT2D eigenvalue weighted by Crippen LogP contribution is 2.50. The minimum absolute atomic E-state index is 0.119. The minimum atomic E-state index is -0.341. The van der Waals surface area contributed by atoms with Gasteiger partial charge in [-0.1, -0.05) is 36.4 Å². The van der Waals surface area contributed by atoms with E-state index in [1.807, 2.05) is 110 Å². The second kappa shape index (κ2) is 29.8. The van der Waals surface area contributed by atoms with Gasteiger partial charge in [0.2, 0.25) is 0 Å². The molecule has 27 heteroatoms. The van der Waals surface area contributed by atoms with Gasteiger partial charge in [-0.15, -0.1) is 0 Å². The van der Waals surface area contributed by atoms with E-state index < -0.39 is 0 Å². The van der Waals surface area contributed by atoms with Gasteiger partial charge in [-0.2, -0.15) is 0 Å². The quantitative estimate of drug-likeness (QED) is 0.0440. The number of fused-ring (bicyclic) bond motifs is 6. The molecule has 6 aliphatic rings. The number of amides is 3. The molecular weight excluding hydrogens is 1400 g/mol. The molecule has 4 atom stereocenters. The fourth-order valence-electron chi connectivity index (χ4n) is 15.6. The molecule has 14 heterocycles. The molecule has 18 rings (SSSR count). The number of anilines is 6. The Balaban J connectivity index is 0.000000125. The van der Waals surface area contributed by atoms with Crippen LogP contribution in [0, 0.1) is 17.5 Å². The zero-order chi connectivity index (χ0) is 76.4. The first-order valence-electron chi connectivity index (χ1n) is 36.9. The molecule has 1 aliphatic carbocycles. The number of ether oxygens (including phenoxy) is 3. The lowest BCUT2D eigenvalue weighted by molar-refractivity contribution is 0.0772. The number of nitrogens with zero attached hydrogens (tertiary/aromatic N) is 12. The Labute approximate surface area is 633 Å². The molecule has 0 bridgehead atoms. The van der Waals surface area contributed by atoms with Gasteiger partial charge in [0.1, 0.15) is 51.8 Å². The first kappa shape index (κ1) is 72.7. The summed E-state index contributed by atoms with van der Waals surface area (Å²) >= 11 is 0. The van der Waals surface area contributed by atoms with Crippen LogP contribution in [0.3, 0.4) is 0 Å². The lowest BCUT2D eigenvalue weighted by Gasteiger charge is -2.25. The number of carbonyl (C=O) groups is 3. The summed E-state index contributed by atoms with van der Waals surface area (Å²) in [6.45, 7) is 9.17. The predicted molar refractivity (Wildman–Crippen MR) is 414 cm³/mol. The number of benzene rings is 3. The molecule has 1 saturated carbocycles. The number of methoxy groups -OCH3 is 1. The number of aromatic nitrogens is 9. The largest absolute Gasteiger partial charge is 0.381 e. The third-order valence-electron chi connectivity index (χ3n) is 22.0. The molecule has 3 fully saturated rings. The molecule has 12 aromatic rings. The highest BCUT2D eigenvalue weighted by Gasteiger charge is 2.47. The second-order valence-electron chi connectivity index (χ2n) is 29.5. The topological polar surface area (TPSA) is 251 Å². The standard InChI is InChI=1S/2C28H29FN6O2.C27H27FN6O2/c2*1-16(34(2)3)27-19(17-9-11-37-15-17)5-7-24(33-27)32-22-6-4-20(21-13-31-28(36)26(21)22)23-14-30-25-12-18(29)8-10-35(23)25;1-33(2)15-21-19(27(36-3)9-10-27)5-7-23(32-21)31-20-6-4-17(18-13-30-26(35)25(18)20)22-14-29-24-12-16(28)8-11-34(22)24/h2*4-8,10,12,14,16-17H,9,11,13,15H2,1-3H3,(H,31,36)(H,32,33);4-8,11-12,14H,9-10,13,15H2,1-3H3,(H,30,35)(H,31,32)/t16-,17+;16-,17-;/m10./s1. The van der Waals surface area contributed by atoms with Crippen molar-refractivity contribution in [2.75, 3.05) is 91.8 Å². The molecule has 3 aromatic carbocycles. The molecule has 6 N–H and O–H groups in total. The summed E-state index contributed by atoms with van der Waals surface area (Å²) in [6.07, 6.45) is 14.1. The maximum Gasteiger partial charge on any atom is 0.254 e. The van der Waals surface area contributed by atoms with Crippen LogP contribution in [0.15, 0.2) is 146 Å². The Kier molecular flexibility index (Phi) is 19.7. The molecule has 0 radical (unpaired) electrons. The average Bonchev–Trinajstić information content (AvgIpc) is 1.60. The van der Waals surface area contributed by atoms with Crippen molar-refractivity contribution in [3.05, 3.63) is 231 Å². The summed E-state index contributed by atoms with van der Waals surface area (Å²) in [5, 5.41) is 19.0. The smallest absolute Gasteiger partial charge is 0.254 e. The molecule has 5 aliphatic heterocycles. The Morgan fingerprint density at radius 1 is 0.518 bits per heavy atom. The summed E-state index contributed by atoms with van der Waals surface area (Å²) in [5.41, 5.74) is 19.4. The van der Waals surface area contributed by atoms with Crippen LogP contribution in [0.5, 0.6) is 0 Å². The van der Waals surface area contributed by atoms with E-state index in [9.17, 15) is 27.6 Å². The zero-order valence-corrected chi connectivity index (χ0v) is 62.6. The van der Waals surface area contributed by atoms with Crippen LogP contribution in [0.25, 0.3) is 50.7 Å². The zero-order valence-electron chi connectivity index (χ0n) is 62.6. The maximum absolute atomic E-state index is 13.7. The second-order valence-corrected chi connectivity index (χ2v) is 29.5. The third kappa shape index (κ3) is 13.9. The van der Waals surface area contributed by atoms with Gasteiger partial charge >= 0.3 is 0 Å². The SMILES string of the molecule is COC1(c2ccc(Nc3ccc(-c4cnc5cc(F)ccn45)c4c3C(=O)NC4)nc2CN(C)C)CC1.C[C@@H](c1nc(Nc2ccc(-c3cnc4cc(F)ccn34)c3c2C(=O)NC3)ccc1[C@H]1CCOC1)N(C)C.C[C@H](c1nc(Nc2ccc(-c3cnc4cc(F)ccn34)c3c2C(=O)NC3)ccc1[C@H]1CCOC1)N(C)C.